The van der Waals surface area contributed by atoms with Gasteiger partial charge in [-0.05, 0) is 23.8 Å². The second-order valence-corrected chi connectivity index (χ2v) is 4.41. The van der Waals surface area contributed by atoms with Crippen molar-refractivity contribution in [3.05, 3.63) is 46.4 Å². The Balaban J connectivity index is 2.05. The van der Waals surface area contributed by atoms with E-state index in [-0.39, 0.29) is 0 Å². The highest BCUT2D eigenvalue weighted by atomic mass is 32.1. The monoisotopic (exact) mass is 235 g/mol. The third kappa shape index (κ3) is 2.59. The van der Waals surface area contributed by atoms with Gasteiger partial charge in [-0.3, -0.25) is 4.98 Å². The molecule has 2 rings (SSSR count). The van der Waals surface area contributed by atoms with E-state index >= 15 is 0 Å². The number of thiophene rings is 1. The fourth-order valence-corrected chi connectivity index (χ4v) is 2.30. The molecule has 0 saturated heterocycles. The number of hydrogen-bond acceptors (Lipinski definition) is 4. The zero-order valence-corrected chi connectivity index (χ0v) is 9.78. The van der Waals surface area contributed by atoms with Crippen LogP contribution in [0.25, 0.3) is 0 Å². The number of pyridine rings is 1. The highest BCUT2D eigenvalue weighted by Gasteiger charge is 2.11. The zero-order chi connectivity index (χ0) is 11.4. The largest absolute Gasteiger partial charge is 0.496 e. The second-order valence-electron chi connectivity index (χ2n) is 3.46. The van der Waals surface area contributed by atoms with E-state index in [9.17, 15) is 5.11 Å². The van der Waals surface area contributed by atoms with Crippen LogP contribution >= 0.6 is 11.3 Å². The average Bonchev–Trinajstić information content (AvgIpc) is 2.79. The lowest BCUT2D eigenvalue weighted by atomic mass is 10.1. The van der Waals surface area contributed by atoms with Gasteiger partial charge in [-0.2, -0.15) is 0 Å². The minimum atomic E-state index is -0.476. The fourth-order valence-electron chi connectivity index (χ4n) is 1.46. The highest BCUT2D eigenvalue weighted by Crippen LogP contribution is 2.28. The number of aromatic nitrogens is 1. The molecule has 2 aromatic rings. The summed E-state index contributed by atoms with van der Waals surface area (Å²) in [5.74, 6) is 0.800. The van der Waals surface area contributed by atoms with Crippen LogP contribution in [0.4, 0.5) is 0 Å². The molecule has 0 fully saturated rings. The first kappa shape index (κ1) is 11.1. The van der Waals surface area contributed by atoms with Crippen molar-refractivity contribution in [1.29, 1.82) is 0 Å². The van der Waals surface area contributed by atoms with Crippen molar-refractivity contribution in [2.24, 2.45) is 0 Å². The molecule has 2 heterocycles. The Morgan fingerprint density at radius 3 is 2.81 bits per heavy atom. The Labute approximate surface area is 98.4 Å². The molecule has 16 heavy (non-hydrogen) atoms. The summed E-state index contributed by atoms with van der Waals surface area (Å²) in [6, 6.07) is 5.69. The lowest BCUT2D eigenvalue weighted by Gasteiger charge is -2.07. The summed E-state index contributed by atoms with van der Waals surface area (Å²) in [5, 5.41) is 11.9. The summed E-state index contributed by atoms with van der Waals surface area (Å²) in [7, 11) is 1.63. The Kier molecular flexibility index (Phi) is 3.54. The molecular weight excluding hydrogens is 222 g/mol. The number of aliphatic hydroxyl groups is 1. The van der Waals surface area contributed by atoms with E-state index in [0.29, 0.717) is 6.42 Å². The van der Waals surface area contributed by atoms with Gasteiger partial charge in [0.2, 0.25) is 0 Å². The van der Waals surface area contributed by atoms with Gasteiger partial charge in [-0.15, -0.1) is 11.3 Å². The summed E-state index contributed by atoms with van der Waals surface area (Å²) in [6.45, 7) is 0. The maximum Gasteiger partial charge on any atom is 0.129 e. The Morgan fingerprint density at radius 1 is 1.44 bits per heavy atom. The lowest BCUT2D eigenvalue weighted by molar-refractivity contribution is 0.182. The van der Waals surface area contributed by atoms with E-state index in [1.165, 1.54) is 11.3 Å². The molecule has 0 aromatic carbocycles. The van der Waals surface area contributed by atoms with Gasteiger partial charge in [0.05, 0.1) is 13.2 Å². The number of ether oxygens (including phenoxy) is 1. The molecule has 0 radical (unpaired) electrons. The molecule has 0 amide bonds. The SMILES string of the molecule is COc1csc(C(O)Cc2ccncc2)c1. The van der Waals surface area contributed by atoms with E-state index in [1.54, 1.807) is 19.5 Å². The summed E-state index contributed by atoms with van der Waals surface area (Å²) in [4.78, 5) is 4.87. The van der Waals surface area contributed by atoms with Gasteiger partial charge in [0.1, 0.15) is 5.75 Å². The molecule has 0 aliphatic carbocycles. The number of hydrogen-bond donors (Lipinski definition) is 1. The Morgan fingerprint density at radius 2 is 2.19 bits per heavy atom. The van der Waals surface area contributed by atoms with Crippen molar-refractivity contribution < 1.29 is 9.84 Å². The van der Waals surface area contributed by atoms with Gasteiger partial charge in [0, 0.05) is 29.1 Å². The van der Waals surface area contributed by atoms with Crippen LogP contribution < -0.4 is 4.74 Å². The minimum absolute atomic E-state index is 0.476. The van der Waals surface area contributed by atoms with E-state index < -0.39 is 6.10 Å². The smallest absolute Gasteiger partial charge is 0.129 e. The van der Waals surface area contributed by atoms with E-state index in [2.05, 4.69) is 4.98 Å². The molecule has 0 aliphatic heterocycles. The lowest BCUT2D eigenvalue weighted by Crippen LogP contribution is -1.99. The van der Waals surface area contributed by atoms with Crippen LogP contribution in [0.5, 0.6) is 5.75 Å². The van der Waals surface area contributed by atoms with Gasteiger partial charge in [-0.25, -0.2) is 0 Å². The molecule has 0 bridgehead atoms. The number of rotatable bonds is 4. The first-order valence-corrected chi connectivity index (χ1v) is 5.87. The normalized spacial score (nSPS) is 12.4. The molecule has 3 nitrogen and oxygen atoms in total. The zero-order valence-electron chi connectivity index (χ0n) is 8.96. The molecule has 0 saturated carbocycles. The van der Waals surface area contributed by atoms with Crippen LogP contribution in [0, 0.1) is 0 Å². The molecule has 1 unspecified atom stereocenters. The highest BCUT2D eigenvalue weighted by molar-refractivity contribution is 7.10. The van der Waals surface area contributed by atoms with Crippen LogP contribution in [0.15, 0.2) is 36.0 Å². The Bertz CT molecular complexity index is 441. The predicted octanol–water partition coefficient (Wildman–Crippen LogP) is 2.43. The standard InChI is InChI=1S/C12H13NO2S/c1-15-10-7-12(16-8-10)11(14)6-9-2-4-13-5-3-9/h2-5,7-8,11,14H,6H2,1H3. The first-order chi connectivity index (χ1) is 7.79. The van der Waals surface area contributed by atoms with Gasteiger partial charge in [0.25, 0.3) is 0 Å². The first-order valence-electron chi connectivity index (χ1n) is 4.99. The molecular formula is C12H13NO2S. The van der Waals surface area contributed by atoms with Gasteiger partial charge in [-0.1, -0.05) is 0 Å². The van der Waals surface area contributed by atoms with Crippen molar-refractivity contribution in [3.63, 3.8) is 0 Å². The Hall–Kier alpha value is -1.39. The number of aliphatic hydroxyl groups excluding tert-OH is 1. The summed E-state index contributed by atoms with van der Waals surface area (Å²) < 4.78 is 5.08. The topological polar surface area (TPSA) is 42.4 Å². The van der Waals surface area contributed by atoms with Crippen molar-refractivity contribution in [3.8, 4) is 5.75 Å². The number of methoxy groups -OCH3 is 1. The van der Waals surface area contributed by atoms with Crippen LogP contribution in [-0.2, 0) is 6.42 Å². The molecule has 84 valence electrons. The molecule has 0 aliphatic rings. The van der Waals surface area contributed by atoms with Crippen LogP contribution in [0.3, 0.4) is 0 Å². The van der Waals surface area contributed by atoms with Crippen LogP contribution in [0.2, 0.25) is 0 Å². The van der Waals surface area contributed by atoms with E-state index in [1.807, 2.05) is 23.6 Å². The van der Waals surface area contributed by atoms with Crippen molar-refractivity contribution in [2.45, 2.75) is 12.5 Å². The van der Waals surface area contributed by atoms with Crippen molar-refractivity contribution in [1.82, 2.24) is 4.98 Å². The molecule has 4 heteroatoms. The van der Waals surface area contributed by atoms with E-state index in [0.717, 1.165) is 16.2 Å². The second kappa shape index (κ2) is 5.09. The third-order valence-electron chi connectivity index (χ3n) is 2.34. The summed E-state index contributed by atoms with van der Waals surface area (Å²) in [6.07, 6.45) is 3.59. The maximum atomic E-state index is 10.0. The van der Waals surface area contributed by atoms with Gasteiger partial charge in [0.15, 0.2) is 0 Å². The summed E-state index contributed by atoms with van der Waals surface area (Å²) >= 11 is 1.51. The third-order valence-corrected chi connectivity index (χ3v) is 3.35. The predicted molar refractivity (Wildman–Crippen MR) is 63.8 cm³/mol. The van der Waals surface area contributed by atoms with Crippen LogP contribution in [0.1, 0.15) is 16.5 Å². The minimum Gasteiger partial charge on any atom is -0.496 e. The maximum absolute atomic E-state index is 10.0. The van der Waals surface area contributed by atoms with Gasteiger partial charge < -0.3 is 9.84 Å². The molecule has 1 N–H and O–H groups in total. The molecule has 2 aromatic heterocycles. The van der Waals surface area contributed by atoms with Gasteiger partial charge >= 0.3 is 0 Å². The quantitative estimate of drug-likeness (QED) is 0.885. The average molecular weight is 235 g/mol. The van der Waals surface area contributed by atoms with E-state index in [4.69, 9.17) is 4.74 Å². The molecule has 1 atom stereocenters. The number of nitrogens with zero attached hydrogens (tertiary/aromatic N) is 1. The summed E-state index contributed by atoms with van der Waals surface area (Å²) in [5.41, 5.74) is 1.08. The van der Waals surface area contributed by atoms with Crippen LogP contribution in [-0.4, -0.2) is 17.2 Å². The fraction of sp³-hybridized carbons (Fsp3) is 0.250. The van der Waals surface area contributed by atoms with Crippen molar-refractivity contribution in [2.75, 3.05) is 7.11 Å². The van der Waals surface area contributed by atoms with Crippen molar-refractivity contribution >= 4 is 11.3 Å². The molecule has 0 spiro atoms.